The molecule has 4 aromatic rings. The van der Waals surface area contributed by atoms with Crippen LogP contribution >= 0.6 is 0 Å². The van der Waals surface area contributed by atoms with E-state index in [0.29, 0.717) is 24.4 Å². The van der Waals surface area contributed by atoms with Crippen molar-refractivity contribution in [1.82, 2.24) is 29.5 Å². The van der Waals surface area contributed by atoms with Gasteiger partial charge in [-0.05, 0) is 25.1 Å². The molecule has 0 bridgehead atoms. The number of ether oxygens (including phenoxy) is 2. The first kappa shape index (κ1) is 21.2. The van der Waals surface area contributed by atoms with Crippen molar-refractivity contribution in [2.75, 3.05) is 13.7 Å². The molecule has 0 fully saturated rings. The predicted molar refractivity (Wildman–Crippen MR) is 109 cm³/mol. The van der Waals surface area contributed by atoms with Crippen LogP contribution < -0.4 is 4.74 Å². The van der Waals surface area contributed by atoms with Crippen LogP contribution in [0.25, 0.3) is 28.5 Å². The average molecular weight is 460 g/mol. The molecule has 0 amide bonds. The van der Waals surface area contributed by atoms with Crippen LogP contribution in [0, 0.1) is 0 Å². The fourth-order valence-corrected chi connectivity index (χ4v) is 3.80. The highest BCUT2D eigenvalue weighted by atomic mass is 19.4. The zero-order chi connectivity index (χ0) is 23.2. The van der Waals surface area contributed by atoms with Crippen LogP contribution in [0.3, 0.4) is 0 Å². The Morgan fingerprint density at radius 3 is 2.82 bits per heavy atom. The van der Waals surface area contributed by atoms with E-state index in [1.807, 2.05) is 40.6 Å². The number of aryl methyl sites for hydroxylation is 1. The molecule has 0 saturated carbocycles. The van der Waals surface area contributed by atoms with Gasteiger partial charge in [0.2, 0.25) is 5.82 Å². The topological polar surface area (TPSA) is 93.0 Å². The molecule has 0 atom stereocenters. The third kappa shape index (κ3) is 3.97. The maximum Gasteiger partial charge on any atom is 0.411 e. The van der Waals surface area contributed by atoms with Gasteiger partial charge >= 0.3 is 6.18 Å². The number of rotatable bonds is 6. The standard InChI is InChI=1S/C21H19F3N6O3/c1-3-29-8-12-6-16-19(20-26-17(33-28-20)9-32-10-21(22,23)24)25-11-30(16)15-5-4-13(31-2)7-14(15)18(12)27-29/h4-5,7-8,11H,3,6,9-10H2,1-2H3. The molecule has 0 aliphatic carbocycles. The number of methoxy groups -OCH3 is 1. The summed E-state index contributed by atoms with van der Waals surface area (Å²) < 4.78 is 55.8. The van der Waals surface area contributed by atoms with Crippen molar-refractivity contribution in [1.29, 1.82) is 0 Å². The molecule has 9 nitrogen and oxygen atoms in total. The molecule has 172 valence electrons. The lowest BCUT2D eigenvalue weighted by Crippen LogP contribution is -2.16. The number of nitrogens with zero attached hydrogens (tertiary/aromatic N) is 6. The van der Waals surface area contributed by atoms with Gasteiger partial charge in [-0.15, -0.1) is 0 Å². The van der Waals surface area contributed by atoms with Gasteiger partial charge in [-0.2, -0.15) is 23.3 Å². The molecule has 4 heterocycles. The fraction of sp³-hybridized carbons (Fsp3) is 0.333. The monoisotopic (exact) mass is 460 g/mol. The minimum atomic E-state index is -4.43. The summed E-state index contributed by atoms with van der Waals surface area (Å²) in [5.41, 5.74) is 4.87. The quantitative estimate of drug-likeness (QED) is 0.381. The lowest BCUT2D eigenvalue weighted by Gasteiger charge is -2.11. The Labute approximate surface area is 185 Å². The fourth-order valence-electron chi connectivity index (χ4n) is 3.80. The number of benzene rings is 1. The van der Waals surface area contributed by atoms with Crippen molar-refractivity contribution >= 4 is 0 Å². The third-order valence-electron chi connectivity index (χ3n) is 5.28. The van der Waals surface area contributed by atoms with E-state index in [1.54, 1.807) is 13.4 Å². The number of hydrogen-bond donors (Lipinski definition) is 0. The van der Waals surface area contributed by atoms with Gasteiger partial charge in [0, 0.05) is 30.3 Å². The van der Waals surface area contributed by atoms with E-state index in [2.05, 4.69) is 19.9 Å². The van der Waals surface area contributed by atoms with Gasteiger partial charge in [0.15, 0.2) is 0 Å². The molecular formula is C21H19F3N6O3. The zero-order valence-electron chi connectivity index (χ0n) is 17.8. The summed E-state index contributed by atoms with van der Waals surface area (Å²) in [6.07, 6.45) is -0.291. The first-order valence-electron chi connectivity index (χ1n) is 10.1. The van der Waals surface area contributed by atoms with E-state index < -0.39 is 19.4 Å². The van der Waals surface area contributed by atoms with Crippen LogP contribution in [0.4, 0.5) is 13.2 Å². The first-order valence-corrected chi connectivity index (χ1v) is 10.1. The Balaban J connectivity index is 1.54. The second kappa shape index (κ2) is 8.03. The molecule has 1 aliphatic heterocycles. The maximum atomic E-state index is 12.3. The Kier molecular flexibility index (Phi) is 5.16. The molecule has 3 aromatic heterocycles. The molecular weight excluding hydrogens is 441 g/mol. The molecule has 1 aliphatic rings. The molecule has 0 N–H and O–H groups in total. The van der Waals surface area contributed by atoms with Crippen molar-refractivity contribution in [3.05, 3.63) is 47.9 Å². The van der Waals surface area contributed by atoms with Crippen LogP contribution in [-0.4, -0.2) is 49.4 Å². The number of imidazole rings is 1. The lowest BCUT2D eigenvalue weighted by molar-refractivity contribution is -0.178. The smallest absolute Gasteiger partial charge is 0.411 e. The van der Waals surface area contributed by atoms with Crippen molar-refractivity contribution in [2.24, 2.45) is 0 Å². The van der Waals surface area contributed by atoms with E-state index in [0.717, 1.165) is 28.2 Å². The molecule has 0 radical (unpaired) electrons. The summed E-state index contributed by atoms with van der Waals surface area (Å²) in [5.74, 6) is 0.821. The largest absolute Gasteiger partial charge is 0.497 e. The predicted octanol–water partition coefficient (Wildman–Crippen LogP) is 3.80. The Morgan fingerprint density at radius 2 is 2.06 bits per heavy atom. The van der Waals surface area contributed by atoms with Crippen LogP contribution in [0.15, 0.2) is 35.2 Å². The minimum absolute atomic E-state index is 0.0609. The second-order valence-electron chi connectivity index (χ2n) is 7.45. The normalized spacial score (nSPS) is 12.8. The number of alkyl halides is 3. The molecule has 0 unspecified atom stereocenters. The van der Waals surface area contributed by atoms with Gasteiger partial charge in [-0.3, -0.25) is 4.68 Å². The number of hydrogen-bond acceptors (Lipinski definition) is 7. The van der Waals surface area contributed by atoms with Crippen molar-refractivity contribution in [3.63, 3.8) is 0 Å². The van der Waals surface area contributed by atoms with E-state index in [1.165, 1.54) is 0 Å². The van der Waals surface area contributed by atoms with E-state index in [-0.39, 0.29) is 11.7 Å². The Bertz CT molecular complexity index is 1310. The molecule has 1 aromatic carbocycles. The Morgan fingerprint density at radius 1 is 1.21 bits per heavy atom. The maximum absolute atomic E-state index is 12.3. The summed E-state index contributed by atoms with van der Waals surface area (Å²) in [6.45, 7) is 0.883. The summed E-state index contributed by atoms with van der Waals surface area (Å²) in [6, 6.07) is 5.71. The summed E-state index contributed by atoms with van der Waals surface area (Å²) >= 11 is 0. The van der Waals surface area contributed by atoms with Gasteiger partial charge in [-0.1, -0.05) is 5.16 Å². The first-order chi connectivity index (χ1) is 15.9. The van der Waals surface area contributed by atoms with E-state index in [4.69, 9.17) is 14.4 Å². The minimum Gasteiger partial charge on any atom is -0.497 e. The van der Waals surface area contributed by atoms with Crippen molar-refractivity contribution in [3.8, 4) is 34.2 Å². The van der Waals surface area contributed by atoms with Crippen molar-refractivity contribution in [2.45, 2.75) is 32.7 Å². The SMILES string of the molecule is CCn1cc2c(n1)-c1cc(OC)ccc1-n1cnc(-c3noc(COCC(F)(F)F)n3)c1C2. The van der Waals surface area contributed by atoms with Crippen LogP contribution in [-0.2, 0) is 24.3 Å². The highest BCUT2D eigenvalue weighted by Gasteiger charge is 2.29. The van der Waals surface area contributed by atoms with Gasteiger partial charge in [-0.25, -0.2) is 4.98 Å². The second-order valence-corrected chi connectivity index (χ2v) is 7.45. The van der Waals surface area contributed by atoms with Crippen LogP contribution in [0.1, 0.15) is 24.1 Å². The molecule has 0 saturated heterocycles. The molecule has 5 rings (SSSR count). The number of halogens is 3. The van der Waals surface area contributed by atoms with Gasteiger partial charge in [0.05, 0.1) is 24.2 Å². The average Bonchev–Trinajstić information content (AvgIpc) is 3.50. The molecule has 12 heteroatoms. The van der Waals surface area contributed by atoms with Gasteiger partial charge in [0.1, 0.15) is 31.0 Å². The van der Waals surface area contributed by atoms with Crippen LogP contribution in [0.2, 0.25) is 0 Å². The number of aromatic nitrogens is 6. The summed E-state index contributed by atoms with van der Waals surface area (Å²) in [4.78, 5) is 8.67. The van der Waals surface area contributed by atoms with Gasteiger partial charge < -0.3 is 18.6 Å². The van der Waals surface area contributed by atoms with E-state index in [9.17, 15) is 13.2 Å². The molecule has 33 heavy (non-hydrogen) atoms. The lowest BCUT2D eigenvalue weighted by atomic mass is 10.0. The van der Waals surface area contributed by atoms with Crippen molar-refractivity contribution < 1.29 is 27.2 Å². The summed E-state index contributed by atoms with van der Waals surface area (Å²) in [5, 5.41) is 8.65. The number of fused-ring (bicyclic) bond motifs is 5. The Hall–Kier alpha value is -3.67. The zero-order valence-corrected chi connectivity index (χ0v) is 17.8. The summed E-state index contributed by atoms with van der Waals surface area (Å²) in [7, 11) is 1.61. The van der Waals surface area contributed by atoms with Gasteiger partial charge in [0.25, 0.3) is 5.89 Å². The third-order valence-corrected chi connectivity index (χ3v) is 5.28. The van der Waals surface area contributed by atoms with Crippen LogP contribution in [0.5, 0.6) is 5.75 Å². The molecule has 0 spiro atoms. The highest BCUT2D eigenvalue weighted by Crippen LogP contribution is 2.38. The van der Waals surface area contributed by atoms with E-state index >= 15 is 0 Å². The highest BCUT2D eigenvalue weighted by molar-refractivity contribution is 5.77.